The van der Waals surface area contributed by atoms with Crippen molar-refractivity contribution >= 4 is 17.2 Å². The second kappa shape index (κ2) is 4.88. The minimum atomic E-state index is -0.00441. The number of hydrogen-bond acceptors (Lipinski definition) is 3. The maximum atomic E-state index is 5.61. The van der Waals surface area contributed by atoms with E-state index in [0.717, 1.165) is 17.2 Å². The molecule has 4 nitrogen and oxygen atoms in total. The molecule has 0 aliphatic rings. The van der Waals surface area contributed by atoms with E-state index < -0.39 is 0 Å². The van der Waals surface area contributed by atoms with Crippen LogP contribution in [-0.4, -0.2) is 12.9 Å². The molecule has 4 N–H and O–H groups in total. The van der Waals surface area contributed by atoms with Gasteiger partial charge < -0.3 is 5.73 Å². The Hall–Kier alpha value is -1.71. The van der Waals surface area contributed by atoms with Crippen LogP contribution in [0, 0.1) is 5.41 Å². The Morgan fingerprint density at radius 1 is 1.19 bits per heavy atom. The van der Waals surface area contributed by atoms with Gasteiger partial charge in [0.1, 0.15) is 5.84 Å². The number of nitrogens with two attached hydrogens (primary N) is 1. The van der Waals surface area contributed by atoms with Gasteiger partial charge in [-0.1, -0.05) is 20.8 Å². The molecule has 0 aliphatic heterocycles. The maximum Gasteiger partial charge on any atom is 0.120 e. The summed E-state index contributed by atoms with van der Waals surface area (Å²) in [4.78, 5) is 4.21. The lowest BCUT2D eigenvalue weighted by Gasteiger charge is -2.23. The van der Waals surface area contributed by atoms with Crippen molar-refractivity contribution in [2.45, 2.75) is 20.8 Å². The summed E-state index contributed by atoms with van der Waals surface area (Å²) in [7, 11) is 1.78. The molecule has 88 valence electrons. The first kappa shape index (κ1) is 12.4. The Morgan fingerprint density at radius 3 is 2.19 bits per heavy atom. The van der Waals surface area contributed by atoms with Gasteiger partial charge in [0, 0.05) is 18.2 Å². The highest BCUT2D eigenvalue weighted by Crippen LogP contribution is 2.15. The second-order valence-electron chi connectivity index (χ2n) is 4.69. The van der Waals surface area contributed by atoms with E-state index in [1.165, 1.54) is 0 Å². The number of rotatable bonds is 2. The maximum absolute atomic E-state index is 5.61. The summed E-state index contributed by atoms with van der Waals surface area (Å²) in [5.41, 5.74) is 13.5. The zero-order valence-electron chi connectivity index (χ0n) is 10.3. The number of hydrazine groups is 1. The molecule has 0 aromatic heterocycles. The molecular weight excluding hydrogens is 200 g/mol. The van der Waals surface area contributed by atoms with E-state index >= 15 is 0 Å². The molecule has 0 heterocycles. The summed E-state index contributed by atoms with van der Waals surface area (Å²) >= 11 is 0. The summed E-state index contributed by atoms with van der Waals surface area (Å²) in [5.74, 6) is 0.907. The van der Waals surface area contributed by atoms with Crippen LogP contribution in [0.25, 0.3) is 0 Å². The molecule has 0 amide bonds. The standard InChI is InChI=1S/C12H20N4/c1-12(2,3)11(14-4)16-15-10-7-5-9(13)6-8-10/h5-8,15H,13H2,1-4H3,(H,14,16). The average molecular weight is 220 g/mol. The summed E-state index contributed by atoms with van der Waals surface area (Å²) in [6.45, 7) is 6.31. The van der Waals surface area contributed by atoms with Gasteiger partial charge in [-0.25, -0.2) is 0 Å². The first-order valence-electron chi connectivity index (χ1n) is 5.28. The molecule has 0 fully saturated rings. The highest BCUT2D eigenvalue weighted by Gasteiger charge is 2.17. The molecule has 0 saturated carbocycles. The number of nitrogen functional groups attached to an aromatic ring is 1. The van der Waals surface area contributed by atoms with Crippen LogP contribution in [0.2, 0.25) is 0 Å². The average Bonchev–Trinajstić information content (AvgIpc) is 2.19. The van der Waals surface area contributed by atoms with Crippen LogP contribution in [0.3, 0.4) is 0 Å². The molecule has 0 saturated heterocycles. The molecule has 1 aromatic rings. The van der Waals surface area contributed by atoms with Crippen LogP contribution in [0.1, 0.15) is 20.8 Å². The molecule has 1 rings (SSSR count). The zero-order chi connectivity index (χ0) is 12.2. The van der Waals surface area contributed by atoms with E-state index in [1.807, 2.05) is 24.3 Å². The first-order chi connectivity index (χ1) is 7.43. The van der Waals surface area contributed by atoms with Crippen LogP contribution >= 0.6 is 0 Å². The minimum absolute atomic E-state index is 0.00441. The van der Waals surface area contributed by atoms with Crippen LogP contribution in [0.15, 0.2) is 29.3 Å². The Morgan fingerprint density at radius 2 is 1.75 bits per heavy atom. The summed E-state index contributed by atoms with van der Waals surface area (Å²) in [6, 6.07) is 7.53. The SMILES string of the molecule is CN=C(NNc1ccc(N)cc1)C(C)(C)C. The van der Waals surface area contributed by atoms with E-state index in [2.05, 4.69) is 36.6 Å². The molecule has 0 radical (unpaired) electrons. The minimum Gasteiger partial charge on any atom is -0.399 e. The third-order valence-corrected chi connectivity index (χ3v) is 2.17. The van der Waals surface area contributed by atoms with Gasteiger partial charge in [-0.2, -0.15) is 0 Å². The van der Waals surface area contributed by atoms with E-state index in [4.69, 9.17) is 5.73 Å². The highest BCUT2D eigenvalue weighted by molar-refractivity contribution is 5.87. The quantitative estimate of drug-likeness (QED) is 0.310. The van der Waals surface area contributed by atoms with Gasteiger partial charge in [0.05, 0.1) is 5.69 Å². The Balaban J connectivity index is 2.61. The molecule has 0 atom stereocenters. The smallest absolute Gasteiger partial charge is 0.120 e. The second-order valence-corrected chi connectivity index (χ2v) is 4.69. The Bertz CT molecular complexity index is 360. The van der Waals surface area contributed by atoms with Gasteiger partial charge in [-0.05, 0) is 24.3 Å². The van der Waals surface area contributed by atoms with Gasteiger partial charge >= 0.3 is 0 Å². The lowest BCUT2D eigenvalue weighted by Crippen LogP contribution is -2.38. The number of amidine groups is 1. The lowest BCUT2D eigenvalue weighted by atomic mass is 9.95. The van der Waals surface area contributed by atoms with Crippen LogP contribution < -0.4 is 16.6 Å². The van der Waals surface area contributed by atoms with Crippen LogP contribution in [-0.2, 0) is 0 Å². The molecule has 1 aromatic carbocycles. The molecule has 16 heavy (non-hydrogen) atoms. The van der Waals surface area contributed by atoms with Crippen molar-refractivity contribution in [1.29, 1.82) is 0 Å². The number of aliphatic imine (C=N–C) groups is 1. The van der Waals surface area contributed by atoms with Gasteiger partial charge in [0.25, 0.3) is 0 Å². The highest BCUT2D eigenvalue weighted by atomic mass is 15.4. The molecule has 0 aliphatic carbocycles. The van der Waals surface area contributed by atoms with Crippen molar-refractivity contribution in [2.24, 2.45) is 10.4 Å². The van der Waals surface area contributed by atoms with Crippen molar-refractivity contribution < 1.29 is 0 Å². The number of hydrogen-bond donors (Lipinski definition) is 3. The molecule has 0 unspecified atom stereocenters. The fraction of sp³-hybridized carbons (Fsp3) is 0.417. The fourth-order valence-electron chi connectivity index (χ4n) is 1.28. The Labute approximate surface area is 96.9 Å². The summed E-state index contributed by atoms with van der Waals surface area (Å²) in [6.07, 6.45) is 0. The largest absolute Gasteiger partial charge is 0.399 e. The van der Waals surface area contributed by atoms with Gasteiger partial charge in [-0.3, -0.25) is 15.8 Å². The van der Waals surface area contributed by atoms with Gasteiger partial charge in [0.15, 0.2) is 0 Å². The molecular formula is C12H20N4. The number of nitrogens with one attached hydrogen (secondary N) is 2. The number of nitrogens with zero attached hydrogens (tertiary/aromatic N) is 1. The number of benzene rings is 1. The van der Waals surface area contributed by atoms with Crippen molar-refractivity contribution in [3.8, 4) is 0 Å². The van der Waals surface area contributed by atoms with E-state index in [9.17, 15) is 0 Å². The van der Waals surface area contributed by atoms with Crippen LogP contribution in [0.4, 0.5) is 11.4 Å². The van der Waals surface area contributed by atoms with E-state index in [0.29, 0.717) is 0 Å². The van der Waals surface area contributed by atoms with Crippen molar-refractivity contribution in [3.05, 3.63) is 24.3 Å². The van der Waals surface area contributed by atoms with Crippen molar-refractivity contribution in [3.63, 3.8) is 0 Å². The molecule has 0 bridgehead atoms. The van der Waals surface area contributed by atoms with E-state index in [1.54, 1.807) is 7.05 Å². The van der Waals surface area contributed by atoms with Gasteiger partial charge in [-0.15, -0.1) is 0 Å². The monoisotopic (exact) mass is 220 g/mol. The normalized spacial score (nSPS) is 12.4. The zero-order valence-corrected chi connectivity index (χ0v) is 10.3. The van der Waals surface area contributed by atoms with Crippen molar-refractivity contribution in [1.82, 2.24) is 5.43 Å². The Kier molecular flexibility index (Phi) is 3.77. The number of anilines is 2. The lowest BCUT2D eigenvalue weighted by molar-refractivity contribution is 0.570. The third-order valence-electron chi connectivity index (χ3n) is 2.17. The predicted molar refractivity (Wildman–Crippen MR) is 70.4 cm³/mol. The predicted octanol–water partition coefficient (Wildman–Crippen LogP) is 2.26. The first-order valence-corrected chi connectivity index (χ1v) is 5.28. The van der Waals surface area contributed by atoms with Crippen LogP contribution in [0.5, 0.6) is 0 Å². The van der Waals surface area contributed by atoms with Gasteiger partial charge in [0.2, 0.25) is 0 Å². The fourth-order valence-corrected chi connectivity index (χ4v) is 1.28. The third kappa shape index (κ3) is 3.46. The summed E-state index contributed by atoms with van der Waals surface area (Å²) in [5, 5.41) is 0. The topological polar surface area (TPSA) is 62.4 Å². The molecule has 0 spiro atoms. The molecule has 4 heteroatoms. The summed E-state index contributed by atoms with van der Waals surface area (Å²) < 4.78 is 0. The van der Waals surface area contributed by atoms with Crippen molar-refractivity contribution in [2.75, 3.05) is 18.2 Å². The van der Waals surface area contributed by atoms with E-state index in [-0.39, 0.29) is 5.41 Å².